The molecule has 1 aliphatic rings. The molecular formula is C25H22N3O5P. The predicted molar refractivity (Wildman–Crippen MR) is 131 cm³/mol. The van der Waals surface area contributed by atoms with Crippen LogP contribution < -0.4 is 20.9 Å². The molecule has 1 aliphatic heterocycles. The predicted octanol–water partition coefficient (Wildman–Crippen LogP) is 3.73. The average Bonchev–Trinajstić information content (AvgIpc) is 3.36. The van der Waals surface area contributed by atoms with Gasteiger partial charge in [-0.1, -0.05) is 66.7 Å². The van der Waals surface area contributed by atoms with E-state index in [0.717, 1.165) is 0 Å². The van der Waals surface area contributed by atoms with Gasteiger partial charge in [0.05, 0.1) is 18.1 Å². The van der Waals surface area contributed by atoms with Crippen molar-refractivity contribution in [3.05, 3.63) is 95.0 Å². The van der Waals surface area contributed by atoms with E-state index in [1.165, 1.54) is 12.1 Å². The minimum absolute atomic E-state index is 0.0699. The molecule has 0 unspecified atom stereocenters. The number of hydrogen-bond acceptors (Lipinski definition) is 7. The van der Waals surface area contributed by atoms with Gasteiger partial charge in [-0.05, 0) is 6.07 Å². The molecule has 0 aliphatic carbocycles. The number of nitro benzene ring substituents is 1. The molecule has 1 fully saturated rings. The molecule has 5 rings (SSSR count). The van der Waals surface area contributed by atoms with Crippen LogP contribution in [0.15, 0.2) is 89.3 Å². The molecule has 8 nitrogen and oxygen atoms in total. The zero-order chi connectivity index (χ0) is 23.5. The van der Waals surface area contributed by atoms with Gasteiger partial charge in [-0.15, -0.1) is 0 Å². The fourth-order valence-corrected chi connectivity index (χ4v) is 6.69. The Bertz CT molecular complexity index is 1310. The number of rotatable bonds is 6. The molecule has 9 heteroatoms. The summed E-state index contributed by atoms with van der Waals surface area (Å²) in [5, 5.41) is 12.6. The van der Waals surface area contributed by atoms with Crippen LogP contribution in [0.25, 0.3) is 11.5 Å². The van der Waals surface area contributed by atoms with Gasteiger partial charge in [-0.3, -0.25) is 10.1 Å². The molecule has 4 aromatic rings. The number of aromatic nitrogens is 1. The standard InChI is InChI=1S/C25H22N3O5P/c29-28(30)20-9-7-8-19(18-20)23-26-24(25(33-23)27-14-16-32-17-15-27)34(31,21-10-3-1-4-11-21)22-12-5-2-6-13-22/h1-13,18H,14-17H2. The molecule has 1 aromatic heterocycles. The lowest BCUT2D eigenvalue weighted by Crippen LogP contribution is -2.39. The van der Waals surface area contributed by atoms with Crippen LogP contribution in [0.1, 0.15) is 0 Å². The maximum Gasteiger partial charge on any atom is 0.270 e. The molecule has 0 atom stereocenters. The van der Waals surface area contributed by atoms with Crippen LogP contribution in [0.2, 0.25) is 0 Å². The normalized spacial score (nSPS) is 14.2. The number of oxazole rings is 1. The van der Waals surface area contributed by atoms with Crippen LogP contribution in [0.4, 0.5) is 11.6 Å². The summed E-state index contributed by atoms with van der Waals surface area (Å²) in [6.07, 6.45) is 0. The van der Waals surface area contributed by atoms with E-state index in [2.05, 4.69) is 0 Å². The molecule has 0 saturated carbocycles. The number of nitrogens with zero attached hydrogens (tertiary/aromatic N) is 3. The Kier molecular flexibility index (Phi) is 6.01. The minimum atomic E-state index is -3.43. The summed E-state index contributed by atoms with van der Waals surface area (Å²) >= 11 is 0. The molecule has 0 bridgehead atoms. The number of morpholine rings is 1. The Labute approximate surface area is 196 Å². The van der Waals surface area contributed by atoms with Crippen LogP contribution in [0.3, 0.4) is 0 Å². The van der Waals surface area contributed by atoms with Crippen LogP contribution in [-0.2, 0) is 9.30 Å². The van der Waals surface area contributed by atoms with E-state index in [4.69, 9.17) is 14.1 Å². The highest BCUT2D eigenvalue weighted by Crippen LogP contribution is 2.46. The Hall–Kier alpha value is -3.74. The second-order valence-electron chi connectivity index (χ2n) is 7.84. The zero-order valence-corrected chi connectivity index (χ0v) is 19.1. The van der Waals surface area contributed by atoms with Crippen molar-refractivity contribution in [3.63, 3.8) is 0 Å². The summed E-state index contributed by atoms with van der Waals surface area (Å²) < 4.78 is 26.7. The molecular weight excluding hydrogens is 453 g/mol. The zero-order valence-electron chi connectivity index (χ0n) is 18.2. The third-order valence-electron chi connectivity index (χ3n) is 5.73. The Balaban J connectivity index is 1.75. The fraction of sp³-hybridized carbons (Fsp3) is 0.160. The van der Waals surface area contributed by atoms with E-state index in [-0.39, 0.29) is 11.6 Å². The van der Waals surface area contributed by atoms with Crippen LogP contribution >= 0.6 is 7.14 Å². The minimum Gasteiger partial charge on any atom is -0.420 e. The van der Waals surface area contributed by atoms with Crippen molar-refractivity contribution >= 4 is 34.8 Å². The molecule has 0 N–H and O–H groups in total. The van der Waals surface area contributed by atoms with Gasteiger partial charge < -0.3 is 18.6 Å². The third kappa shape index (κ3) is 4.02. The van der Waals surface area contributed by atoms with Crippen molar-refractivity contribution in [1.82, 2.24) is 4.98 Å². The lowest BCUT2D eigenvalue weighted by atomic mass is 10.2. The molecule has 0 amide bonds. The highest BCUT2D eigenvalue weighted by Gasteiger charge is 2.38. The molecule has 1 saturated heterocycles. The quantitative estimate of drug-likeness (QED) is 0.238. The van der Waals surface area contributed by atoms with Crippen molar-refractivity contribution in [2.24, 2.45) is 0 Å². The largest absolute Gasteiger partial charge is 0.420 e. The molecule has 0 radical (unpaired) electrons. The molecule has 34 heavy (non-hydrogen) atoms. The summed E-state index contributed by atoms with van der Waals surface area (Å²) in [6.45, 7) is 2.13. The van der Waals surface area contributed by atoms with E-state index < -0.39 is 12.1 Å². The van der Waals surface area contributed by atoms with Gasteiger partial charge in [0.25, 0.3) is 5.69 Å². The van der Waals surface area contributed by atoms with Crippen molar-refractivity contribution in [1.29, 1.82) is 0 Å². The van der Waals surface area contributed by atoms with E-state index >= 15 is 4.57 Å². The summed E-state index contributed by atoms with van der Waals surface area (Å²) in [6, 6.07) is 24.6. The van der Waals surface area contributed by atoms with E-state index in [1.807, 2.05) is 65.6 Å². The molecule has 3 aromatic carbocycles. The highest BCUT2D eigenvalue weighted by atomic mass is 31.2. The maximum atomic E-state index is 15.0. The second-order valence-corrected chi connectivity index (χ2v) is 10.5. The van der Waals surface area contributed by atoms with Gasteiger partial charge in [0.1, 0.15) is 0 Å². The van der Waals surface area contributed by atoms with Gasteiger partial charge in [-0.2, -0.15) is 0 Å². The van der Waals surface area contributed by atoms with Crippen LogP contribution in [0.5, 0.6) is 0 Å². The molecule has 0 spiro atoms. The number of hydrogen-bond donors (Lipinski definition) is 0. The first-order chi connectivity index (χ1) is 16.6. The first-order valence-electron chi connectivity index (χ1n) is 10.9. The van der Waals surface area contributed by atoms with Gasteiger partial charge in [0, 0.05) is 41.4 Å². The number of benzene rings is 3. The van der Waals surface area contributed by atoms with Crippen molar-refractivity contribution < 1.29 is 18.6 Å². The third-order valence-corrected chi connectivity index (χ3v) is 8.67. The van der Waals surface area contributed by atoms with Gasteiger partial charge in [0.2, 0.25) is 11.8 Å². The first-order valence-corrected chi connectivity index (χ1v) is 12.6. The van der Waals surface area contributed by atoms with Gasteiger partial charge in [0.15, 0.2) is 12.6 Å². The van der Waals surface area contributed by atoms with Crippen molar-refractivity contribution in [3.8, 4) is 11.5 Å². The van der Waals surface area contributed by atoms with E-state index in [1.54, 1.807) is 12.1 Å². The lowest BCUT2D eigenvalue weighted by molar-refractivity contribution is -0.384. The summed E-state index contributed by atoms with van der Waals surface area (Å²) in [5.74, 6) is 0.591. The summed E-state index contributed by atoms with van der Waals surface area (Å²) in [4.78, 5) is 17.6. The maximum absolute atomic E-state index is 15.0. The number of anilines is 1. The smallest absolute Gasteiger partial charge is 0.270 e. The van der Waals surface area contributed by atoms with Crippen LogP contribution in [-0.4, -0.2) is 36.2 Å². The Morgan fingerprint density at radius 1 is 0.882 bits per heavy atom. The Morgan fingerprint density at radius 3 is 2.09 bits per heavy atom. The summed E-state index contributed by atoms with van der Waals surface area (Å²) in [5.41, 5.74) is 0.704. The molecule has 172 valence electrons. The number of non-ortho nitro benzene ring substituents is 1. The Morgan fingerprint density at radius 2 is 1.50 bits per heavy atom. The topological polar surface area (TPSA) is 98.7 Å². The molecule has 2 heterocycles. The SMILES string of the molecule is O=[N+]([O-])c1cccc(-c2nc(P(=O)(c3ccccc3)c3ccccc3)c(N3CCOCC3)o2)c1. The van der Waals surface area contributed by atoms with E-state index in [0.29, 0.717) is 53.8 Å². The van der Waals surface area contributed by atoms with Crippen LogP contribution in [0, 0.1) is 10.1 Å². The number of nitro groups is 1. The fourth-order valence-electron chi connectivity index (χ4n) is 4.03. The summed E-state index contributed by atoms with van der Waals surface area (Å²) in [7, 11) is -3.43. The highest BCUT2D eigenvalue weighted by molar-refractivity contribution is 7.85. The number of ether oxygens (including phenoxy) is 1. The lowest BCUT2D eigenvalue weighted by Gasteiger charge is -2.28. The second kappa shape index (κ2) is 9.25. The van der Waals surface area contributed by atoms with Crippen molar-refractivity contribution in [2.45, 2.75) is 0 Å². The van der Waals surface area contributed by atoms with Gasteiger partial charge in [-0.25, -0.2) is 4.98 Å². The van der Waals surface area contributed by atoms with Crippen molar-refractivity contribution in [2.75, 3.05) is 31.2 Å². The monoisotopic (exact) mass is 475 g/mol. The van der Waals surface area contributed by atoms with Gasteiger partial charge >= 0.3 is 0 Å². The average molecular weight is 475 g/mol. The van der Waals surface area contributed by atoms with E-state index in [9.17, 15) is 10.1 Å². The first kappa shape index (κ1) is 22.1.